The summed E-state index contributed by atoms with van der Waals surface area (Å²) in [5, 5.41) is 9.32. The van der Waals surface area contributed by atoms with Crippen LogP contribution in [0.4, 0.5) is 0 Å². The molecule has 0 aliphatic carbocycles. The van der Waals surface area contributed by atoms with Crippen LogP contribution in [0, 0.1) is 6.92 Å². The molecule has 0 aliphatic rings. The number of nitrogens with one attached hydrogen (secondary N) is 1. The molecule has 6 heteroatoms. The minimum absolute atomic E-state index is 0.109. The summed E-state index contributed by atoms with van der Waals surface area (Å²) in [4.78, 5) is 13.6. The van der Waals surface area contributed by atoms with Crippen LogP contribution in [0.2, 0.25) is 0 Å². The normalized spacial score (nSPS) is 12.1. The summed E-state index contributed by atoms with van der Waals surface area (Å²) in [5.41, 5.74) is 3.59. The van der Waals surface area contributed by atoms with E-state index in [4.69, 9.17) is 4.74 Å². The summed E-state index contributed by atoms with van der Waals surface area (Å²) >= 11 is 1.62. The van der Waals surface area contributed by atoms with E-state index in [0.29, 0.717) is 12.1 Å². The number of methoxy groups -OCH3 is 1. The lowest BCUT2D eigenvalue weighted by Crippen LogP contribution is -2.28. The highest BCUT2D eigenvalue weighted by Gasteiger charge is 2.15. The van der Waals surface area contributed by atoms with Gasteiger partial charge in [0.05, 0.1) is 5.69 Å². The number of benzene rings is 1. The zero-order valence-corrected chi connectivity index (χ0v) is 15.3. The van der Waals surface area contributed by atoms with Crippen LogP contribution in [0.25, 0.3) is 11.1 Å². The van der Waals surface area contributed by atoms with Crippen LogP contribution >= 0.6 is 11.3 Å². The lowest BCUT2D eigenvalue weighted by atomic mass is 10.0. The maximum absolute atomic E-state index is 12.5. The van der Waals surface area contributed by atoms with Gasteiger partial charge in [0.1, 0.15) is 6.10 Å². The Morgan fingerprint density at radius 2 is 2.20 bits per heavy atom. The second-order valence-electron chi connectivity index (χ2n) is 5.83. The van der Waals surface area contributed by atoms with Gasteiger partial charge in [-0.25, -0.2) is 0 Å². The maximum Gasteiger partial charge on any atom is 0.251 e. The second kappa shape index (κ2) is 7.63. The fraction of sp³-hybridized carbons (Fsp3) is 0.263. The highest BCUT2D eigenvalue weighted by atomic mass is 32.1. The first-order valence-corrected chi connectivity index (χ1v) is 8.91. The molecule has 25 heavy (non-hydrogen) atoms. The maximum atomic E-state index is 12.5. The Hall–Kier alpha value is -2.44. The Morgan fingerprint density at radius 1 is 1.36 bits per heavy atom. The number of carbonyl (C=O) groups is 1. The summed E-state index contributed by atoms with van der Waals surface area (Å²) in [5.74, 6) is -0.109. The number of aryl methyl sites for hydroxylation is 2. The summed E-state index contributed by atoms with van der Waals surface area (Å²) in [6.45, 7) is 2.40. The zero-order valence-electron chi connectivity index (χ0n) is 14.5. The molecule has 3 aromatic rings. The SMILES string of the molecule is CO[C@@H](CNC(=O)c1cccc(-c2cn(C)nc2C)c1)c1cccs1. The van der Waals surface area contributed by atoms with Gasteiger partial charge in [-0.05, 0) is 36.1 Å². The summed E-state index contributed by atoms with van der Waals surface area (Å²) < 4.78 is 7.26. The number of rotatable bonds is 6. The third kappa shape index (κ3) is 3.97. The highest BCUT2D eigenvalue weighted by molar-refractivity contribution is 7.10. The van der Waals surface area contributed by atoms with Crippen molar-refractivity contribution in [2.75, 3.05) is 13.7 Å². The smallest absolute Gasteiger partial charge is 0.251 e. The Kier molecular flexibility index (Phi) is 5.31. The van der Waals surface area contributed by atoms with E-state index in [2.05, 4.69) is 10.4 Å². The van der Waals surface area contributed by atoms with E-state index in [-0.39, 0.29) is 12.0 Å². The van der Waals surface area contributed by atoms with Gasteiger partial charge in [-0.2, -0.15) is 5.10 Å². The Balaban J connectivity index is 1.72. The van der Waals surface area contributed by atoms with Crippen molar-refractivity contribution in [1.82, 2.24) is 15.1 Å². The predicted molar refractivity (Wildman–Crippen MR) is 99.8 cm³/mol. The van der Waals surface area contributed by atoms with E-state index in [1.165, 1.54) is 0 Å². The molecule has 2 heterocycles. The van der Waals surface area contributed by atoms with Crippen LogP contribution in [0.1, 0.15) is 27.0 Å². The zero-order chi connectivity index (χ0) is 17.8. The molecule has 130 valence electrons. The van der Waals surface area contributed by atoms with E-state index in [9.17, 15) is 4.79 Å². The van der Waals surface area contributed by atoms with E-state index < -0.39 is 0 Å². The first-order valence-electron chi connectivity index (χ1n) is 8.03. The number of thiophene rings is 1. The number of amides is 1. The van der Waals surface area contributed by atoms with Gasteiger partial charge in [0.2, 0.25) is 0 Å². The summed E-state index contributed by atoms with van der Waals surface area (Å²) in [6.07, 6.45) is 1.83. The molecule has 0 bridgehead atoms. The molecule has 1 aromatic carbocycles. The molecule has 0 radical (unpaired) electrons. The molecule has 5 nitrogen and oxygen atoms in total. The van der Waals surface area contributed by atoms with Crippen molar-refractivity contribution in [1.29, 1.82) is 0 Å². The average molecular weight is 355 g/mol. The largest absolute Gasteiger partial charge is 0.374 e. The molecule has 0 fully saturated rings. The third-order valence-corrected chi connectivity index (χ3v) is 5.01. The van der Waals surface area contributed by atoms with E-state index in [1.54, 1.807) is 23.1 Å². The summed E-state index contributed by atoms with van der Waals surface area (Å²) in [7, 11) is 3.55. The van der Waals surface area contributed by atoms with Gasteiger partial charge in [-0.1, -0.05) is 18.2 Å². The highest BCUT2D eigenvalue weighted by Crippen LogP contribution is 2.24. The molecule has 2 aromatic heterocycles. The van der Waals surface area contributed by atoms with Gasteiger partial charge in [0.25, 0.3) is 5.91 Å². The molecule has 0 unspecified atom stereocenters. The fourth-order valence-corrected chi connectivity index (χ4v) is 3.58. The molecule has 1 amide bonds. The quantitative estimate of drug-likeness (QED) is 0.735. The molecule has 1 N–H and O–H groups in total. The van der Waals surface area contributed by atoms with Gasteiger partial charge in [-0.3, -0.25) is 9.48 Å². The topological polar surface area (TPSA) is 56.1 Å². The van der Waals surface area contributed by atoms with E-state index >= 15 is 0 Å². The van der Waals surface area contributed by atoms with Gasteiger partial charge in [-0.15, -0.1) is 11.3 Å². The predicted octanol–water partition coefficient (Wildman–Crippen LogP) is 3.57. The van der Waals surface area contributed by atoms with Gasteiger partial charge >= 0.3 is 0 Å². The molecule has 0 saturated carbocycles. The fourth-order valence-electron chi connectivity index (χ4n) is 2.77. The number of carbonyl (C=O) groups excluding carboxylic acids is 1. The number of hydrogen-bond donors (Lipinski definition) is 1. The number of nitrogens with zero attached hydrogens (tertiary/aromatic N) is 2. The lowest BCUT2D eigenvalue weighted by Gasteiger charge is -2.14. The first kappa shape index (κ1) is 17.4. The van der Waals surface area contributed by atoms with Gasteiger partial charge < -0.3 is 10.1 Å². The molecule has 0 spiro atoms. The molecule has 0 saturated heterocycles. The minimum Gasteiger partial charge on any atom is -0.374 e. The van der Waals surface area contributed by atoms with Crippen LogP contribution in [-0.4, -0.2) is 29.3 Å². The van der Waals surface area contributed by atoms with Crippen LogP contribution in [0.3, 0.4) is 0 Å². The molecule has 1 atom stereocenters. The standard InChI is InChI=1S/C19H21N3O2S/c1-13-16(12-22(2)21-13)14-6-4-7-15(10-14)19(23)20-11-17(24-3)18-8-5-9-25-18/h4-10,12,17H,11H2,1-3H3,(H,20,23)/t17-/m0/s1. The molecule has 0 aliphatic heterocycles. The van der Waals surface area contributed by atoms with Crippen molar-refractivity contribution in [3.63, 3.8) is 0 Å². The van der Waals surface area contributed by atoms with Crippen molar-refractivity contribution < 1.29 is 9.53 Å². The van der Waals surface area contributed by atoms with E-state index in [0.717, 1.165) is 21.7 Å². The van der Waals surface area contributed by atoms with Crippen LogP contribution in [0.5, 0.6) is 0 Å². The van der Waals surface area contributed by atoms with Crippen molar-refractivity contribution in [2.45, 2.75) is 13.0 Å². The monoisotopic (exact) mass is 355 g/mol. The average Bonchev–Trinajstić information content (AvgIpc) is 3.25. The second-order valence-corrected chi connectivity index (χ2v) is 6.81. The van der Waals surface area contributed by atoms with Crippen LogP contribution in [0.15, 0.2) is 48.0 Å². The molecule has 3 rings (SSSR count). The number of aromatic nitrogens is 2. The minimum atomic E-state index is -0.132. The van der Waals surface area contributed by atoms with Crippen molar-refractivity contribution in [3.05, 3.63) is 64.1 Å². The van der Waals surface area contributed by atoms with Crippen LogP contribution in [-0.2, 0) is 11.8 Å². The van der Waals surface area contributed by atoms with Crippen molar-refractivity contribution in [2.24, 2.45) is 7.05 Å². The molecular formula is C19H21N3O2S. The van der Waals surface area contributed by atoms with Crippen molar-refractivity contribution in [3.8, 4) is 11.1 Å². The Bertz CT molecular complexity index is 855. The summed E-state index contributed by atoms with van der Waals surface area (Å²) in [6, 6.07) is 11.6. The Labute approximate surface area is 151 Å². The van der Waals surface area contributed by atoms with Crippen molar-refractivity contribution >= 4 is 17.2 Å². The Morgan fingerprint density at radius 3 is 2.84 bits per heavy atom. The third-order valence-electron chi connectivity index (χ3n) is 4.04. The van der Waals surface area contributed by atoms with Crippen LogP contribution < -0.4 is 5.32 Å². The molecular weight excluding hydrogens is 334 g/mol. The number of ether oxygens (including phenoxy) is 1. The van der Waals surface area contributed by atoms with Gasteiger partial charge in [0.15, 0.2) is 0 Å². The first-order chi connectivity index (χ1) is 12.1. The number of hydrogen-bond acceptors (Lipinski definition) is 4. The van der Waals surface area contributed by atoms with E-state index in [1.807, 2.05) is 61.9 Å². The van der Waals surface area contributed by atoms with Gasteiger partial charge in [0, 0.05) is 42.9 Å². The lowest BCUT2D eigenvalue weighted by molar-refractivity contribution is 0.0837.